The van der Waals surface area contributed by atoms with Gasteiger partial charge in [0.2, 0.25) is 0 Å². The number of Topliss-reactive ketones (excluding diaryl/α,β-unsaturated/α-hetero) is 1. The van der Waals surface area contributed by atoms with E-state index < -0.39 is 11.4 Å². The number of ketones is 1. The number of hydrogen-bond donors (Lipinski definition) is 3. The number of aliphatic hydroxyl groups is 1. The molecule has 5 aliphatic carbocycles. The number of nitriles is 13. The molecule has 0 radical (unpaired) electrons. The van der Waals surface area contributed by atoms with Crippen molar-refractivity contribution in [3.05, 3.63) is 112 Å². The molecule has 105 heavy (non-hydrogen) atoms. The molecule has 22 nitrogen and oxygen atoms in total. The van der Waals surface area contributed by atoms with Crippen molar-refractivity contribution in [2.45, 2.75) is 220 Å². The van der Waals surface area contributed by atoms with Crippen molar-refractivity contribution in [1.29, 1.82) is 68.4 Å². The minimum Gasteiger partial charge on any atom is -0.462 e. The number of carbonyl (C=O) groups is 2. The summed E-state index contributed by atoms with van der Waals surface area (Å²) in [4.78, 5) is 31.5. The number of aliphatic hydroxyl groups excluding tert-OH is 1. The molecule has 548 valence electrons. The number of hydrogen-bond acceptors (Lipinski definition) is 22. The van der Waals surface area contributed by atoms with Gasteiger partial charge in [-0.1, -0.05) is 90.0 Å². The van der Waals surface area contributed by atoms with Crippen molar-refractivity contribution in [3.63, 3.8) is 0 Å². The Morgan fingerprint density at radius 1 is 0.410 bits per heavy atom. The zero-order chi connectivity index (χ0) is 79.0. The van der Waals surface area contributed by atoms with E-state index >= 15 is 0 Å². The Balaban J connectivity index is 0.000000279. The molecule has 22 heteroatoms. The van der Waals surface area contributed by atoms with E-state index in [0.717, 1.165) is 126 Å². The summed E-state index contributed by atoms with van der Waals surface area (Å²) < 4.78 is 5.00. The van der Waals surface area contributed by atoms with Gasteiger partial charge in [0, 0.05) is 103 Å². The quantitative estimate of drug-likeness (QED) is 0.104. The van der Waals surface area contributed by atoms with E-state index in [2.05, 4.69) is 131 Å². The average Bonchev–Trinajstić information content (AvgIpc) is 1.67. The second kappa shape index (κ2) is 37.9. The molecule has 0 atom stereocenters. The molecule has 0 spiro atoms. The first-order chi connectivity index (χ1) is 49.4. The monoisotopic (exact) mass is 1410 g/mol. The van der Waals surface area contributed by atoms with Crippen LogP contribution in [0.25, 0.3) is 0 Å². The van der Waals surface area contributed by atoms with Crippen LogP contribution in [0, 0.1) is 180 Å². The Morgan fingerprint density at radius 3 is 0.962 bits per heavy atom. The van der Waals surface area contributed by atoms with Crippen LogP contribution in [0.5, 0.6) is 0 Å². The summed E-state index contributed by atoms with van der Waals surface area (Å²) in [7, 11) is 0. The van der Waals surface area contributed by atoms with Gasteiger partial charge in [-0.05, 0) is 162 Å². The molecule has 0 aromatic carbocycles. The number of esters is 1. The van der Waals surface area contributed by atoms with Gasteiger partial charge in [0.25, 0.3) is 0 Å². The Morgan fingerprint density at radius 2 is 0.686 bits per heavy atom. The topological polar surface area (TPSA) is 407 Å². The lowest BCUT2D eigenvalue weighted by molar-refractivity contribution is -0.138. The molecular weight excluding hydrogens is 1310 g/mol. The number of carbonyl (C=O) groups excluding carboxylic acids is 2. The third-order valence-corrected chi connectivity index (χ3v) is 19.5. The van der Waals surface area contributed by atoms with E-state index in [-0.39, 0.29) is 73.4 Å². The number of ether oxygens (including phenoxy) is 1. The second-order valence-electron chi connectivity index (χ2n) is 32.4. The number of likely N-dealkylation sites (tertiary alicyclic amines) is 3. The SMILES string of the molecule is CC1(C)CC(=C(C#N)C#N)C(C#N)=C(N2CCC(O)CC2)C1.CC1(C)CC(N2CCCC2)=C(C#N)/C(=C(\C#N)C(=O)C(C)(C)C)C1.CCNC1=C(C#N)C(=C(C#N)C#N)CC(C)(C)C1.CCNC1=C(C#N)C(=C(C#N)C#N)CC(C)(C)C1.CCOC(=O)/C(C#N)=C1/CC(C)(C)CC(N2CCCC2)=C1C#N. The maximum absolute atomic E-state index is 12.8. The molecule has 3 fully saturated rings. The largest absolute Gasteiger partial charge is 0.462 e. The van der Waals surface area contributed by atoms with Gasteiger partial charge in [0.15, 0.2) is 5.78 Å². The van der Waals surface area contributed by atoms with Crippen molar-refractivity contribution in [3.8, 4) is 78.9 Å². The average molecular weight is 1420 g/mol. The maximum Gasteiger partial charge on any atom is 0.349 e. The molecule has 3 aliphatic heterocycles. The Labute approximate surface area is 623 Å². The molecule has 0 aromatic heterocycles. The first-order valence-electron chi connectivity index (χ1n) is 36.1. The second-order valence-corrected chi connectivity index (χ2v) is 32.4. The molecule has 8 rings (SSSR count). The lowest BCUT2D eigenvalue weighted by Gasteiger charge is -2.41. The predicted octanol–water partition coefficient (Wildman–Crippen LogP) is 14.6. The number of nitrogens with one attached hydrogen (secondary N) is 2. The molecule has 0 saturated carbocycles. The molecule has 0 aromatic rings. The summed E-state index contributed by atoms with van der Waals surface area (Å²) in [5.41, 5.74) is 9.32. The predicted molar refractivity (Wildman–Crippen MR) is 395 cm³/mol. The van der Waals surface area contributed by atoms with Gasteiger partial charge in [-0.15, -0.1) is 0 Å². The Hall–Kier alpha value is -11.1. The van der Waals surface area contributed by atoms with Crippen molar-refractivity contribution in [2.24, 2.45) is 32.5 Å². The van der Waals surface area contributed by atoms with E-state index in [9.17, 15) is 62.1 Å². The number of nitrogens with zero attached hydrogens (tertiary/aromatic N) is 16. The van der Waals surface area contributed by atoms with Crippen LogP contribution in [0.1, 0.15) is 214 Å². The molecule has 8 aliphatic rings. The summed E-state index contributed by atoms with van der Waals surface area (Å²) in [5.74, 6) is -0.803. The summed E-state index contributed by atoms with van der Waals surface area (Å²) in [6.45, 7) is 38.9. The van der Waals surface area contributed by atoms with Crippen molar-refractivity contribution in [2.75, 3.05) is 59.0 Å². The smallest absolute Gasteiger partial charge is 0.349 e. The fourth-order valence-electron chi connectivity index (χ4n) is 14.7. The van der Waals surface area contributed by atoms with Gasteiger partial charge >= 0.3 is 5.97 Å². The maximum atomic E-state index is 12.8. The van der Waals surface area contributed by atoms with Gasteiger partial charge in [-0.2, -0.15) is 68.4 Å². The summed E-state index contributed by atoms with van der Waals surface area (Å²) in [6, 6.07) is 26.6. The minimum absolute atomic E-state index is 0.0205. The third kappa shape index (κ3) is 22.7. The van der Waals surface area contributed by atoms with Gasteiger partial charge < -0.3 is 35.2 Å². The lowest BCUT2D eigenvalue weighted by atomic mass is 9.71. The summed E-state index contributed by atoms with van der Waals surface area (Å²) >= 11 is 0. The summed E-state index contributed by atoms with van der Waals surface area (Å²) in [5, 5.41) is 137. The van der Waals surface area contributed by atoms with Crippen LogP contribution in [0.4, 0.5) is 0 Å². The number of piperidine rings is 1. The minimum atomic E-state index is -0.631. The van der Waals surface area contributed by atoms with E-state index in [1.54, 1.807) is 6.92 Å². The summed E-state index contributed by atoms with van der Waals surface area (Å²) in [6.07, 6.45) is 12.3. The third-order valence-electron chi connectivity index (χ3n) is 19.5. The fourth-order valence-corrected chi connectivity index (χ4v) is 14.7. The van der Waals surface area contributed by atoms with Crippen molar-refractivity contribution < 1.29 is 19.4 Å². The first-order valence-corrected chi connectivity index (χ1v) is 36.1. The fraction of sp³-hybridized carbons (Fsp3) is 0.578. The van der Waals surface area contributed by atoms with Crippen LogP contribution < -0.4 is 10.6 Å². The van der Waals surface area contributed by atoms with E-state index in [0.29, 0.717) is 114 Å². The van der Waals surface area contributed by atoms with Crippen LogP contribution in [0.2, 0.25) is 0 Å². The molecule has 0 amide bonds. The first kappa shape index (κ1) is 86.3. The lowest BCUT2D eigenvalue weighted by Crippen LogP contribution is -2.38. The van der Waals surface area contributed by atoms with Crippen LogP contribution in [-0.4, -0.2) is 96.6 Å². The molecule has 3 heterocycles. The van der Waals surface area contributed by atoms with Gasteiger partial charge in [-0.3, -0.25) is 4.79 Å². The highest BCUT2D eigenvalue weighted by molar-refractivity contribution is 6.04. The van der Waals surface area contributed by atoms with Crippen molar-refractivity contribution in [1.82, 2.24) is 25.3 Å². The highest BCUT2D eigenvalue weighted by atomic mass is 16.5. The van der Waals surface area contributed by atoms with Crippen LogP contribution in [0.3, 0.4) is 0 Å². The Bertz CT molecular complexity index is 4160. The molecule has 3 N–H and O–H groups in total. The number of rotatable bonds is 10. The highest BCUT2D eigenvalue weighted by Gasteiger charge is 2.41. The van der Waals surface area contributed by atoms with Gasteiger partial charge in [-0.25, -0.2) is 4.79 Å². The van der Waals surface area contributed by atoms with E-state index in [4.69, 9.17) is 25.8 Å². The van der Waals surface area contributed by atoms with Crippen LogP contribution >= 0.6 is 0 Å². The standard InChI is InChI=1S/C20H27N3O.C18H23N3O2.C17H20N4O.2C14H16N4/c1-19(2,3)18(24)16(13-22)14-10-20(4,5)11-17(15(14)12-21)23-8-6-7-9-23;1-4-23-17(22)15(12-20)13-9-18(2,3)10-16(14(13)11-19)21-7-5-6-8-21;1-17(2)7-14(12(9-18)10-19)15(11-20)16(8-17)21-5-3-13(22)4-6-21;2*1-4-18-13-6-14(2,3)5-11(12(13)9-17)10(7-15)8-16/h6-11H2,1-5H3;4-10H2,1-3H3;13,22H,3-8H2,1-2H3;2*18H,4-6H2,1-3H3/b16-14+;15-13-;;;. The van der Waals surface area contributed by atoms with E-state index in [1.807, 2.05) is 77.1 Å². The van der Waals surface area contributed by atoms with Gasteiger partial charge in [0.1, 0.15) is 107 Å². The normalized spacial score (nSPS) is 20.7. The van der Waals surface area contributed by atoms with Crippen LogP contribution in [-0.2, 0) is 14.3 Å². The van der Waals surface area contributed by atoms with Crippen LogP contribution in [0.15, 0.2) is 112 Å². The molecule has 3 saturated heterocycles. The molecule has 0 bridgehead atoms. The number of allylic oxidation sites excluding steroid dienone is 19. The Kier molecular flexibility index (Phi) is 31.1. The molecular formula is C83H102N18O4. The zero-order valence-corrected chi connectivity index (χ0v) is 64.6. The van der Waals surface area contributed by atoms with Crippen molar-refractivity contribution >= 4 is 11.8 Å². The zero-order valence-electron chi connectivity index (χ0n) is 64.6. The van der Waals surface area contributed by atoms with E-state index in [1.165, 1.54) is 0 Å². The highest BCUT2D eigenvalue weighted by Crippen LogP contribution is 2.49. The molecule has 0 unspecified atom stereocenters. The van der Waals surface area contributed by atoms with Gasteiger partial charge in [0.05, 0.1) is 40.6 Å².